The number of nitrogens with zero attached hydrogens (tertiary/aromatic N) is 2. The van der Waals surface area contributed by atoms with Crippen LogP contribution in [-0.2, 0) is 22.2 Å². The quantitative estimate of drug-likeness (QED) is 0.575. The van der Waals surface area contributed by atoms with Crippen molar-refractivity contribution >= 4 is 23.5 Å². The topological polar surface area (TPSA) is 89.0 Å². The molecule has 7 nitrogen and oxygen atoms in total. The lowest BCUT2D eigenvalue weighted by atomic mass is 10.1. The largest absolute Gasteiger partial charge is 0.492 e. The minimum Gasteiger partial charge on any atom is -0.492 e. The van der Waals surface area contributed by atoms with Gasteiger partial charge in [-0.1, -0.05) is 17.7 Å². The van der Waals surface area contributed by atoms with Gasteiger partial charge in [0.15, 0.2) is 0 Å². The van der Waals surface area contributed by atoms with Crippen LogP contribution in [0.25, 0.3) is 0 Å². The average molecular weight is 473 g/mol. The van der Waals surface area contributed by atoms with Gasteiger partial charge in [-0.05, 0) is 30.5 Å². The van der Waals surface area contributed by atoms with Gasteiger partial charge in [-0.25, -0.2) is 4.98 Å². The van der Waals surface area contributed by atoms with Crippen molar-refractivity contribution in [3.8, 4) is 17.4 Å². The molecular weight excluding hydrogens is 453 g/mol. The Balaban J connectivity index is 1.77. The first kappa shape index (κ1) is 23.6. The second-order valence-corrected chi connectivity index (χ2v) is 7.51. The summed E-state index contributed by atoms with van der Waals surface area (Å²) in [5.41, 5.74) is -0.526. The number of aryl methyl sites for hydroxylation is 1. The number of halogens is 4. The molecule has 1 N–H and O–H groups in total. The molecule has 11 heteroatoms. The molecule has 1 aliphatic rings. The van der Waals surface area contributed by atoms with Crippen LogP contribution in [-0.4, -0.2) is 46.6 Å². The van der Waals surface area contributed by atoms with Crippen LogP contribution >= 0.6 is 11.6 Å². The number of carbonyl (C=O) groups excluding carboxylic acids is 1. The maximum Gasteiger partial charge on any atom is 0.417 e. The maximum absolute atomic E-state index is 12.8. The minimum absolute atomic E-state index is 0.0738. The number of hydrogen-bond donors (Lipinski definition) is 1. The molecule has 0 radical (unpaired) electrons. The first-order chi connectivity index (χ1) is 15.1. The SMILES string of the molecule is O=C(O)CCc1ccc(OCCN2CCCC2=O)cc1Oc1ncc(C(F)(F)F)cc1Cl. The van der Waals surface area contributed by atoms with Crippen LogP contribution in [0.1, 0.15) is 30.4 Å². The third-order valence-corrected chi connectivity index (χ3v) is 5.06. The van der Waals surface area contributed by atoms with E-state index < -0.39 is 17.7 Å². The van der Waals surface area contributed by atoms with Crippen molar-refractivity contribution in [3.05, 3.63) is 46.6 Å². The molecular formula is C21H20ClF3N2O5. The second-order valence-electron chi connectivity index (χ2n) is 7.11. The molecule has 1 aromatic carbocycles. The molecule has 0 unspecified atom stereocenters. The monoisotopic (exact) mass is 472 g/mol. The molecule has 1 aliphatic heterocycles. The number of ether oxygens (including phenoxy) is 2. The Kier molecular flexibility index (Phi) is 7.44. The molecule has 0 bridgehead atoms. The van der Waals surface area contributed by atoms with Crippen LogP contribution in [0.3, 0.4) is 0 Å². The summed E-state index contributed by atoms with van der Waals surface area (Å²) in [6.45, 7) is 1.34. The zero-order chi connectivity index (χ0) is 23.3. The summed E-state index contributed by atoms with van der Waals surface area (Å²) in [5.74, 6) is -0.651. The third-order valence-electron chi connectivity index (χ3n) is 4.79. The van der Waals surface area contributed by atoms with Crippen molar-refractivity contribution in [1.82, 2.24) is 9.88 Å². The summed E-state index contributed by atoms with van der Waals surface area (Å²) in [5, 5.41) is 8.62. The number of aliphatic carboxylic acids is 1. The van der Waals surface area contributed by atoms with E-state index in [0.717, 1.165) is 6.42 Å². The lowest BCUT2D eigenvalue weighted by Crippen LogP contribution is -2.29. The van der Waals surface area contributed by atoms with Gasteiger partial charge in [0.1, 0.15) is 23.1 Å². The number of alkyl halides is 3. The number of hydrogen-bond acceptors (Lipinski definition) is 5. The standard InChI is InChI=1S/C21H20ClF3N2O5/c22-16-10-14(21(23,24)25)12-26-20(16)32-17-11-15(5-3-13(17)4-6-19(29)30)31-9-8-27-7-1-2-18(27)28/h3,5,10-12H,1-2,4,6-9H2,(H,29,30). The van der Waals surface area contributed by atoms with E-state index in [4.69, 9.17) is 26.2 Å². The molecule has 2 aromatic rings. The number of likely N-dealkylation sites (tertiary alicyclic amines) is 1. The summed E-state index contributed by atoms with van der Waals surface area (Å²) in [6, 6.07) is 5.41. The highest BCUT2D eigenvalue weighted by Gasteiger charge is 2.32. The van der Waals surface area contributed by atoms with Crippen LogP contribution in [0, 0.1) is 0 Å². The summed E-state index contributed by atoms with van der Waals surface area (Å²) in [6.07, 6.45) is -2.72. The van der Waals surface area contributed by atoms with Gasteiger partial charge in [-0.2, -0.15) is 13.2 Å². The van der Waals surface area contributed by atoms with Crippen molar-refractivity contribution in [2.24, 2.45) is 0 Å². The van der Waals surface area contributed by atoms with E-state index in [1.54, 1.807) is 17.0 Å². The minimum atomic E-state index is -4.60. The lowest BCUT2D eigenvalue weighted by Gasteiger charge is -2.17. The van der Waals surface area contributed by atoms with Crippen molar-refractivity contribution < 1.29 is 37.3 Å². The average Bonchev–Trinajstić information content (AvgIpc) is 3.12. The zero-order valence-electron chi connectivity index (χ0n) is 16.8. The summed E-state index contributed by atoms with van der Waals surface area (Å²) in [7, 11) is 0. The molecule has 0 aliphatic carbocycles. The number of aromatic nitrogens is 1. The fraction of sp³-hybridized carbons (Fsp3) is 0.381. The number of carboxylic acid groups (broad SMARTS) is 1. The van der Waals surface area contributed by atoms with E-state index in [-0.39, 0.29) is 42.0 Å². The molecule has 0 saturated carbocycles. The molecule has 0 atom stereocenters. The summed E-state index contributed by atoms with van der Waals surface area (Å²) >= 11 is 5.92. The van der Waals surface area contributed by atoms with Crippen molar-refractivity contribution in [1.29, 1.82) is 0 Å². The maximum atomic E-state index is 12.8. The van der Waals surface area contributed by atoms with E-state index in [1.165, 1.54) is 6.07 Å². The first-order valence-electron chi connectivity index (χ1n) is 9.79. The molecule has 172 valence electrons. The van der Waals surface area contributed by atoms with Crippen molar-refractivity contribution in [3.63, 3.8) is 0 Å². The number of carbonyl (C=O) groups is 2. The van der Waals surface area contributed by atoms with Gasteiger partial charge in [0.25, 0.3) is 0 Å². The highest BCUT2D eigenvalue weighted by Crippen LogP contribution is 2.36. The van der Waals surface area contributed by atoms with Gasteiger partial charge in [0.2, 0.25) is 11.8 Å². The molecule has 2 heterocycles. The van der Waals surface area contributed by atoms with Crippen molar-refractivity contribution in [2.75, 3.05) is 19.7 Å². The van der Waals surface area contributed by atoms with E-state index in [9.17, 15) is 22.8 Å². The van der Waals surface area contributed by atoms with E-state index in [2.05, 4.69) is 4.98 Å². The Morgan fingerprint density at radius 1 is 1.28 bits per heavy atom. The van der Waals surface area contributed by atoms with Gasteiger partial charge in [-0.15, -0.1) is 0 Å². The van der Waals surface area contributed by atoms with Crippen LogP contribution in [0.15, 0.2) is 30.5 Å². The Morgan fingerprint density at radius 2 is 2.06 bits per heavy atom. The molecule has 1 saturated heterocycles. The predicted octanol–water partition coefficient (Wildman–Crippen LogP) is 4.56. The van der Waals surface area contributed by atoms with Crippen LogP contribution in [0.5, 0.6) is 17.4 Å². The molecule has 1 amide bonds. The highest BCUT2D eigenvalue weighted by molar-refractivity contribution is 6.31. The summed E-state index contributed by atoms with van der Waals surface area (Å²) in [4.78, 5) is 28.0. The molecule has 3 rings (SSSR count). The molecule has 1 fully saturated rings. The Hall–Kier alpha value is -3.01. The fourth-order valence-electron chi connectivity index (χ4n) is 3.14. The van der Waals surface area contributed by atoms with Gasteiger partial charge in [0, 0.05) is 31.6 Å². The summed E-state index contributed by atoms with van der Waals surface area (Å²) < 4.78 is 49.8. The second kappa shape index (κ2) is 10.1. The number of benzene rings is 1. The molecule has 32 heavy (non-hydrogen) atoms. The van der Waals surface area contributed by atoms with Gasteiger partial charge >= 0.3 is 12.1 Å². The Bertz CT molecular complexity index is 1000. The third kappa shape index (κ3) is 6.25. The van der Waals surface area contributed by atoms with Crippen LogP contribution < -0.4 is 9.47 Å². The highest BCUT2D eigenvalue weighted by atomic mass is 35.5. The van der Waals surface area contributed by atoms with Crippen molar-refractivity contribution in [2.45, 2.75) is 31.9 Å². The van der Waals surface area contributed by atoms with Gasteiger partial charge < -0.3 is 19.5 Å². The molecule has 1 aromatic heterocycles. The predicted molar refractivity (Wildman–Crippen MR) is 108 cm³/mol. The van der Waals surface area contributed by atoms with E-state index >= 15 is 0 Å². The number of carboxylic acids is 1. The lowest BCUT2D eigenvalue weighted by molar-refractivity contribution is -0.138. The van der Waals surface area contributed by atoms with Gasteiger partial charge in [0.05, 0.1) is 12.1 Å². The number of amides is 1. The Labute approximate surface area is 186 Å². The number of rotatable bonds is 9. The normalized spacial score (nSPS) is 14.0. The Morgan fingerprint density at radius 3 is 2.69 bits per heavy atom. The molecule has 0 spiro atoms. The van der Waals surface area contributed by atoms with Gasteiger partial charge in [-0.3, -0.25) is 9.59 Å². The van der Waals surface area contributed by atoms with Crippen LogP contribution in [0.2, 0.25) is 5.02 Å². The fourth-order valence-corrected chi connectivity index (χ4v) is 3.35. The van der Waals surface area contributed by atoms with E-state index in [1.807, 2.05) is 0 Å². The number of pyridine rings is 1. The first-order valence-corrected chi connectivity index (χ1v) is 10.2. The van der Waals surface area contributed by atoms with Crippen LogP contribution in [0.4, 0.5) is 13.2 Å². The van der Waals surface area contributed by atoms with E-state index in [0.29, 0.717) is 43.1 Å². The smallest absolute Gasteiger partial charge is 0.417 e. The zero-order valence-corrected chi connectivity index (χ0v) is 17.6.